The van der Waals surface area contributed by atoms with Crippen molar-refractivity contribution in [2.45, 2.75) is 64.1 Å². The molecule has 3 heterocycles. The molecule has 2 aliphatic rings. The summed E-state index contributed by atoms with van der Waals surface area (Å²) in [4.78, 5) is 40.1. The van der Waals surface area contributed by atoms with E-state index in [1.165, 1.54) is 6.07 Å². The van der Waals surface area contributed by atoms with Crippen LogP contribution < -0.4 is 5.56 Å². The van der Waals surface area contributed by atoms with Crippen molar-refractivity contribution in [3.8, 4) is 0 Å². The van der Waals surface area contributed by atoms with Crippen LogP contribution in [0.2, 0.25) is 0 Å². The molecule has 0 aromatic carbocycles. The first kappa shape index (κ1) is 19.5. The van der Waals surface area contributed by atoms with E-state index in [4.69, 9.17) is 4.74 Å². The largest absolute Gasteiger partial charge is 0.441 e. The first-order chi connectivity index (χ1) is 12.9. The molecule has 0 radical (unpaired) electrons. The van der Waals surface area contributed by atoms with Crippen molar-refractivity contribution >= 4 is 12.0 Å². The van der Waals surface area contributed by atoms with Crippen LogP contribution in [0, 0.1) is 0 Å². The smallest absolute Gasteiger partial charge is 0.410 e. The van der Waals surface area contributed by atoms with Gasteiger partial charge in [0.25, 0.3) is 5.56 Å². The highest BCUT2D eigenvalue weighted by Crippen LogP contribution is 2.34. The Morgan fingerprint density at radius 2 is 2.00 bits per heavy atom. The molecular formula is C20H29N3O4. The minimum Gasteiger partial charge on any atom is -0.441 e. The lowest BCUT2D eigenvalue weighted by atomic mass is 9.90. The van der Waals surface area contributed by atoms with Crippen LogP contribution in [0.5, 0.6) is 0 Å². The first-order valence-electron chi connectivity index (χ1n) is 9.87. The van der Waals surface area contributed by atoms with Gasteiger partial charge in [0.05, 0.1) is 6.54 Å². The van der Waals surface area contributed by atoms with E-state index in [1.54, 1.807) is 22.9 Å². The summed E-state index contributed by atoms with van der Waals surface area (Å²) in [7, 11) is 0. The molecule has 1 spiro atoms. The number of aryl methyl sites for hydroxylation is 1. The molecule has 0 bridgehead atoms. The van der Waals surface area contributed by atoms with Crippen LogP contribution in [0.25, 0.3) is 0 Å². The molecule has 148 valence electrons. The third kappa shape index (κ3) is 4.34. The molecule has 2 saturated heterocycles. The quantitative estimate of drug-likeness (QED) is 0.764. The number of aromatic nitrogens is 1. The number of piperidine rings is 1. The highest BCUT2D eigenvalue weighted by molar-refractivity contribution is 5.76. The third-order valence-electron chi connectivity index (χ3n) is 5.73. The molecule has 1 atom stereocenters. The van der Waals surface area contributed by atoms with Gasteiger partial charge in [0.2, 0.25) is 5.91 Å². The Morgan fingerprint density at radius 1 is 1.26 bits per heavy atom. The zero-order valence-corrected chi connectivity index (χ0v) is 16.2. The molecule has 0 saturated carbocycles. The maximum absolute atomic E-state index is 12.5. The fraction of sp³-hybridized carbons (Fsp3) is 0.650. The molecule has 1 aromatic heterocycles. The number of carbonyl (C=O) groups excluding carboxylic acids is 2. The van der Waals surface area contributed by atoms with Gasteiger partial charge < -0.3 is 19.1 Å². The van der Waals surface area contributed by atoms with E-state index >= 15 is 0 Å². The van der Waals surface area contributed by atoms with Gasteiger partial charge in [0, 0.05) is 57.2 Å². The number of ether oxygens (including phenoxy) is 1. The predicted molar refractivity (Wildman–Crippen MR) is 101 cm³/mol. The molecule has 27 heavy (non-hydrogen) atoms. The van der Waals surface area contributed by atoms with Crippen molar-refractivity contribution in [1.82, 2.24) is 14.4 Å². The number of nitrogens with zero attached hydrogens (tertiary/aromatic N) is 3. The monoisotopic (exact) mass is 375 g/mol. The molecule has 7 heteroatoms. The highest BCUT2D eigenvalue weighted by Gasteiger charge is 2.48. The lowest BCUT2D eigenvalue weighted by Gasteiger charge is -2.37. The fourth-order valence-electron chi connectivity index (χ4n) is 4.00. The lowest BCUT2D eigenvalue weighted by molar-refractivity contribution is -0.134. The number of rotatable bonds is 6. The number of hydrogen-bond donors (Lipinski definition) is 0. The Morgan fingerprint density at radius 3 is 2.67 bits per heavy atom. The summed E-state index contributed by atoms with van der Waals surface area (Å²) in [5.41, 5.74) is -0.547. The Kier molecular flexibility index (Phi) is 5.87. The van der Waals surface area contributed by atoms with E-state index in [0.29, 0.717) is 45.4 Å². The predicted octanol–water partition coefficient (Wildman–Crippen LogP) is 2.24. The molecule has 3 rings (SSSR count). The number of pyridine rings is 1. The van der Waals surface area contributed by atoms with Crippen molar-refractivity contribution in [1.29, 1.82) is 0 Å². The minimum absolute atomic E-state index is 0.0427. The number of hydrogen-bond acceptors (Lipinski definition) is 4. The molecular weight excluding hydrogens is 346 g/mol. The van der Waals surface area contributed by atoms with Crippen LogP contribution >= 0.6 is 0 Å². The summed E-state index contributed by atoms with van der Waals surface area (Å²) in [5, 5.41) is 0. The van der Waals surface area contributed by atoms with Crippen LogP contribution in [0.15, 0.2) is 29.2 Å². The summed E-state index contributed by atoms with van der Waals surface area (Å²) in [6.45, 7) is 6.36. The summed E-state index contributed by atoms with van der Waals surface area (Å²) >= 11 is 0. The normalized spacial score (nSPS) is 20.0. The molecule has 0 unspecified atom stereocenters. The van der Waals surface area contributed by atoms with Crippen molar-refractivity contribution in [2.75, 3.05) is 19.6 Å². The number of likely N-dealkylation sites (tertiary alicyclic amines) is 1. The van der Waals surface area contributed by atoms with Crippen LogP contribution in [0.1, 0.15) is 46.0 Å². The van der Waals surface area contributed by atoms with E-state index in [0.717, 1.165) is 12.8 Å². The zero-order valence-electron chi connectivity index (χ0n) is 16.2. The van der Waals surface area contributed by atoms with E-state index < -0.39 is 5.60 Å². The maximum atomic E-state index is 12.5. The van der Waals surface area contributed by atoms with E-state index in [1.807, 2.05) is 9.80 Å². The lowest BCUT2D eigenvalue weighted by Crippen LogP contribution is -2.49. The van der Waals surface area contributed by atoms with Gasteiger partial charge in [0.15, 0.2) is 0 Å². The van der Waals surface area contributed by atoms with Gasteiger partial charge in [-0.2, -0.15) is 0 Å². The Bertz CT molecular complexity index is 737. The number of carbonyl (C=O) groups is 2. The van der Waals surface area contributed by atoms with Gasteiger partial charge in [0.1, 0.15) is 5.60 Å². The summed E-state index contributed by atoms with van der Waals surface area (Å²) < 4.78 is 7.30. The average Bonchev–Trinajstić information content (AvgIpc) is 2.97. The second-order valence-corrected chi connectivity index (χ2v) is 7.68. The molecule has 2 amide bonds. The van der Waals surface area contributed by atoms with Gasteiger partial charge in [-0.05, 0) is 19.4 Å². The summed E-state index contributed by atoms with van der Waals surface area (Å²) in [5.74, 6) is 0.0427. The van der Waals surface area contributed by atoms with Crippen LogP contribution in [0.3, 0.4) is 0 Å². The molecule has 0 aliphatic carbocycles. The molecule has 0 N–H and O–H groups in total. The minimum atomic E-state index is -0.452. The molecule has 1 aromatic rings. The first-order valence-corrected chi connectivity index (χ1v) is 9.87. The number of amides is 2. The van der Waals surface area contributed by atoms with Crippen molar-refractivity contribution < 1.29 is 14.3 Å². The van der Waals surface area contributed by atoms with Gasteiger partial charge in [-0.25, -0.2) is 4.79 Å². The Hall–Kier alpha value is -2.31. The maximum Gasteiger partial charge on any atom is 0.410 e. The van der Waals surface area contributed by atoms with Crippen LogP contribution in [-0.4, -0.2) is 57.6 Å². The van der Waals surface area contributed by atoms with Crippen molar-refractivity contribution in [3.05, 3.63) is 34.7 Å². The van der Waals surface area contributed by atoms with E-state index in [-0.39, 0.29) is 23.6 Å². The average molecular weight is 375 g/mol. The second kappa shape index (κ2) is 8.15. The van der Waals surface area contributed by atoms with Crippen LogP contribution in [0.4, 0.5) is 4.79 Å². The molecule has 2 aliphatic heterocycles. The molecule has 7 nitrogen and oxygen atoms in total. The Balaban J connectivity index is 1.51. The van der Waals surface area contributed by atoms with Crippen molar-refractivity contribution in [2.24, 2.45) is 0 Å². The Labute approximate surface area is 159 Å². The van der Waals surface area contributed by atoms with E-state index in [9.17, 15) is 14.4 Å². The van der Waals surface area contributed by atoms with Gasteiger partial charge in [-0.3, -0.25) is 9.59 Å². The van der Waals surface area contributed by atoms with Gasteiger partial charge in [-0.15, -0.1) is 0 Å². The van der Waals surface area contributed by atoms with Crippen molar-refractivity contribution in [3.63, 3.8) is 0 Å². The second-order valence-electron chi connectivity index (χ2n) is 7.68. The zero-order chi connectivity index (χ0) is 19.4. The summed E-state index contributed by atoms with van der Waals surface area (Å²) in [6, 6.07) is 5.16. The summed E-state index contributed by atoms with van der Waals surface area (Å²) in [6.07, 6.45) is 5.12. The topological polar surface area (TPSA) is 71.8 Å². The molecule has 2 fully saturated rings. The SMILES string of the molecule is CCC[C@@H](C)N1CC2(CCN(C(=O)CCn3ccccc3=O)CC2)OC1=O. The van der Waals surface area contributed by atoms with Gasteiger partial charge in [-0.1, -0.05) is 19.4 Å². The highest BCUT2D eigenvalue weighted by atomic mass is 16.6. The van der Waals surface area contributed by atoms with Gasteiger partial charge >= 0.3 is 6.09 Å². The fourth-order valence-corrected chi connectivity index (χ4v) is 4.00. The standard InChI is InChI=1S/C20H29N3O4/c1-3-6-16(2)23-15-20(27-19(23)26)9-13-22(14-10-20)18(25)8-12-21-11-5-4-7-17(21)24/h4-5,7,11,16H,3,6,8-10,12-15H2,1-2H3/t16-/m1/s1. The third-order valence-corrected chi connectivity index (χ3v) is 5.73. The van der Waals surface area contributed by atoms with Crippen LogP contribution in [-0.2, 0) is 16.1 Å². The van der Waals surface area contributed by atoms with E-state index in [2.05, 4.69) is 13.8 Å².